The van der Waals surface area contributed by atoms with E-state index in [1.54, 1.807) is 9.80 Å². The van der Waals surface area contributed by atoms with Crippen molar-refractivity contribution in [3.63, 3.8) is 0 Å². The first-order valence-electron chi connectivity index (χ1n) is 20.1. The third-order valence-corrected chi connectivity index (χ3v) is 12.0. The molecule has 2 aliphatic heterocycles. The number of alkyl halides is 6. The molecule has 2 saturated heterocycles. The third kappa shape index (κ3) is 10.4. The van der Waals surface area contributed by atoms with Crippen molar-refractivity contribution in [1.82, 2.24) is 9.97 Å². The fourth-order valence-corrected chi connectivity index (χ4v) is 8.23. The molecule has 20 heteroatoms. The van der Waals surface area contributed by atoms with Gasteiger partial charge in [0.2, 0.25) is 0 Å². The van der Waals surface area contributed by atoms with Gasteiger partial charge in [0.15, 0.2) is 0 Å². The lowest BCUT2D eigenvalue weighted by Crippen LogP contribution is -2.58. The fraction of sp³-hybridized carbons (Fsp3) is 0.455. The lowest BCUT2D eigenvalue weighted by molar-refractivity contribution is -0.138. The van der Waals surface area contributed by atoms with E-state index in [0.717, 1.165) is 49.2 Å². The average Bonchev–Trinajstić information content (AvgIpc) is 4.14. The Bertz CT molecular complexity index is 2430. The van der Waals surface area contributed by atoms with Crippen LogP contribution in [0.1, 0.15) is 94.3 Å². The minimum absolute atomic E-state index is 0.0203. The van der Waals surface area contributed by atoms with Crippen molar-refractivity contribution >= 4 is 46.6 Å². The molecule has 344 valence electrons. The number of hydrogen-bond donors (Lipinski definition) is 0. The van der Waals surface area contributed by atoms with Gasteiger partial charge in [0, 0.05) is 61.5 Å². The largest absolute Gasteiger partial charge is 0.492 e. The van der Waals surface area contributed by atoms with Crippen molar-refractivity contribution in [2.45, 2.75) is 63.7 Å². The molecule has 0 unspecified atom stereocenters. The number of nitrogens with zero attached hydrogens (tertiary/aromatic N) is 4. The number of esters is 2. The van der Waals surface area contributed by atoms with Gasteiger partial charge in [-0.15, -0.1) is 0 Å². The molecule has 0 amide bonds. The molecule has 10 nitrogen and oxygen atoms in total. The summed E-state index contributed by atoms with van der Waals surface area (Å²) in [6, 6.07) is 7.78. The van der Waals surface area contributed by atoms with Gasteiger partial charge in [-0.25, -0.2) is 28.3 Å². The summed E-state index contributed by atoms with van der Waals surface area (Å²) in [4.78, 5) is 34.4. The number of benzene rings is 2. The smallest absolute Gasteiger partial charge is 0.419 e. The quantitative estimate of drug-likeness (QED) is 0.0775. The second-order valence-corrected chi connectivity index (χ2v) is 18.0. The van der Waals surface area contributed by atoms with Crippen LogP contribution in [-0.2, 0) is 21.8 Å². The zero-order valence-electron chi connectivity index (χ0n) is 34.9. The number of halogens is 10. The number of carbonyl (C=O) groups is 2. The summed E-state index contributed by atoms with van der Waals surface area (Å²) in [6.45, 7) is 5.89. The molecule has 4 heterocycles. The second kappa shape index (κ2) is 17.7. The Balaban J connectivity index is 0.000000191. The van der Waals surface area contributed by atoms with E-state index in [0.29, 0.717) is 43.5 Å². The molecule has 2 saturated carbocycles. The van der Waals surface area contributed by atoms with Gasteiger partial charge in [-0.3, -0.25) is 0 Å². The molecule has 2 aromatic heterocycles. The van der Waals surface area contributed by atoms with Crippen LogP contribution in [0.15, 0.2) is 48.8 Å². The zero-order valence-corrected chi connectivity index (χ0v) is 36.4. The highest BCUT2D eigenvalue weighted by Gasteiger charge is 2.45. The molecular formula is C44H42Cl2F8N4O6. The molecule has 0 bridgehead atoms. The molecule has 0 atom stereocenters. The predicted molar refractivity (Wildman–Crippen MR) is 220 cm³/mol. The van der Waals surface area contributed by atoms with Crippen LogP contribution in [0.25, 0.3) is 0 Å². The number of carbonyl (C=O) groups excluding carboxylic acids is 2. The topological polar surface area (TPSA) is 103 Å². The summed E-state index contributed by atoms with van der Waals surface area (Å²) in [5.74, 6) is -1.43. The number of pyridine rings is 2. The van der Waals surface area contributed by atoms with Gasteiger partial charge in [0.1, 0.15) is 34.1 Å². The van der Waals surface area contributed by atoms with Crippen LogP contribution in [0.5, 0.6) is 11.5 Å². The van der Waals surface area contributed by atoms with Crippen LogP contribution in [-0.4, -0.2) is 75.5 Å². The van der Waals surface area contributed by atoms with Gasteiger partial charge in [-0.2, -0.15) is 26.3 Å². The number of rotatable bonds is 12. The molecule has 0 radical (unpaired) electrons. The first kappa shape index (κ1) is 46.9. The summed E-state index contributed by atoms with van der Waals surface area (Å²) in [5, 5.41) is -0.421. The fourth-order valence-electron chi connectivity index (χ4n) is 7.82. The van der Waals surface area contributed by atoms with Gasteiger partial charge in [0.05, 0.1) is 60.4 Å². The molecule has 4 aliphatic rings. The van der Waals surface area contributed by atoms with Crippen LogP contribution in [0.3, 0.4) is 0 Å². The lowest BCUT2D eigenvalue weighted by Gasteiger charge is -2.49. The van der Waals surface area contributed by atoms with E-state index in [2.05, 4.69) is 19.4 Å². The molecule has 64 heavy (non-hydrogen) atoms. The number of methoxy groups -OCH3 is 2. The molecule has 4 fully saturated rings. The van der Waals surface area contributed by atoms with E-state index in [4.69, 9.17) is 32.7 Å². The SMILES string of the molecule is COC(=O)c1cc(C2CC2)c(OCC2(C)CN(c3cc(Cl)c(C(F)(F)F)cn3)C2)cc1F.COC(=O)c1cc(C2CC2)c(OCC2(C)CN(c3cc(Cl)ncc3C(F)(F)F)C2)cc1F. The Kier molecular flexibility index (Phi) is 13.0. The van der Waals surface area contributed by atoms with Crippen molar-refractivity contribution in [3.05, 3.63) is 104 Å². The third-order valence-electron chi connectivity index (χ3n) is 11.4. The highest BCUT2D eigenvalue weighted by Crippen LogP contribution is 2.48. The zero-order chi connectivity index (χ0) is 46.5. The average molecular weight is 946 g/mol. The maximum absolute atomic E-state index is 14.4. The summed E-state index contributed by atoms with van der Waals surface area (Å²) < 4.78 is 129. The number of anilines is 2. The molecule has 8 rings (SSSR count). The standard InChI is InChI=1S/2C22H21ClF4N2O3/c1-21(9-29(10-21)19-6-16(23)15(8-28-19)22(25,26)27)11-32-18-7-17(24)14(20(30)31-2)5-13(18)12-3-4-12;1-21(9-29(10-21)17-7-19(23)28-8-15(17)22(25,26)27)11-32-18-6-16(24)14(20(30)31-2)5-13(18)12-3-4-12/h2*5-8,12H,3-4,9-11H2,1-2H3. The molecule has 2 aromatic carbocycles. The van der Waals surface area contributed by atoms with E-state index in [1.807, 2.05) is 13.8 Å². The summed E-state index contributed by atoms with van der Waals surface area (Å²) in [6.07, 6.45) is -3.94. The van der Waals surface area contributed by atoms with Gasteiger partial charge in [-0.05, 0) is 72.9 Å². The van der Waals surface area contributed by atoms with Gasteiger partial charge >= 0.3 is 24.3 Å². The van der Waals surface area contributed by atoms with Gasteiger partial charge in [0.25, 0.3) is 0 Å². The van der Waals surface area contributed by atoms with Crippen molar-refractivity contribution in [1.29, 1.82) is 0 Å². The maximum atomic E-state index is 14.4. The molecular weight excluding hydrogens is 903 g/mol. The van der Waals surface area contributed by atoms with Crippen LogP contribution >= 0.6 is 23.2 Å². The maximum Gasteiger partial charge on any atom is 0.419 e. The first-order chi connectivity index (χ1) is 30.0. The molecule has 4 aromatic rings. The first-order valence-corrected chi connectivity index (χ1v) is 20.8. The number of aromatic nitrogens is 2. The van der Waals surface area contributed by atoms with Crippen molar-refractivity contribution < 1.29 is 63.7 Å². The van der Waals surface area contributed by atoms with Gasteiger partial charge < -0.3 is 28.7 Å². The van der Waals surface area contributed by atoms with Crippen molar-refractivity contribution in [2.75, 3.05) is 63.4 Å². The summed E-state index contributed by atoms with van der Waals surface area (Å²) >= 11 is 11.6. The van der Waals surface area contributed by atoms with Crippen LogP contribution in [0.2, 0.25) is 10.2 Å². The van der Waals surface area contributed by atoms with Crippen molar-refractivity contribution in [2.24, 2.45) is 10.8 Å². The highest BCUT2D eigenvalue weighted by molar-refractivity contribution is 6.31. The predicted octanol–water partition coefficient (Wildman–Crippen LogP) is 10.9. The number of ether oxygens (including phenoxy) is 4. The molecule has 0 N–H and O–H groups in total. The molecule has 0 spiro atoms. The number of hydrogen-bond acceptors (Lipinski definition) is 10. The van der Waals surface area contributed by atoms with E-state index >= 15 is 0 Å². The minimum atomic E-state index is -4.56. The Morgan fingerprint density at radius 3 is 1.52 bits per heavy atom. The normalized spacial score (nSPS) is 17.7. The minimum Gasteiger partial charge on any atom is -0.492 e. The van der Waals surface area contributed by atoms with Crippen LogP contribution < -0.4 is 19.3 Å². The Morgan fingerprint density at radius 2 is 1.11 bits per heavy atom. The van der Waals surface area contributed by atoms with E-state index in [-0.39, 0.29) is 52.4 Å². The monoisotopic (exact) mass is 944 g/mol. The second-order valence-electron chi connectivity index (χ2n) is 17.2. The summed E-state index contributed by atoms with van der Waals surface area (Å²) in [5.41, 5.74) is -1.34. The Hall–Kier alpha value is -5.10. The van der Waals surface area contributed by atoms with E-state index in [9.17, 15) is 44.7 Å². The summed E-state index contributed by atoms with van der Waals surface area (Å²) in [7, 11) is 2.39. The van der Waals surface area contributed by atoms with Crippen LogP contribution in [0.4, 0.5) is 46.6 Å². The van der Waals surface area contributed by atoms with E-state index in [1.165, 1.54) is 50.6 Å². The molecule has 2 aliphatic carbocycles. The lowest BCUT2D eigenvalue weighted by atomic mass is 9.82. The van der Waals surface area contributed by atoms with Crippen molar-refractivity contribution in [3.8, 4) is 11.5 Å². The Morgan fingerprint density at radius 1 is 0.672 bits per heavy atom. The van der Waals surface area contributed by atoms with E-state index < -0.39 is 57.5 Å². The van der Waals surface area contributed by atoms with Gasteiger partial charge in [-0.1, -0.05) is 37.0 Å². The Labute approximate surface area is 372 Å². The van der Waals surface area contributed by atoms with Crippen LogP contribution in [0, 0.1) is 22.5 Å². The highest BCUT2D eigenvalue weighted by atomic mass is 35.5.